The summed E-state index contributed by atoms with van der Waals surface area (Å²) in [5.74, 6) is 0.780. The van der Waals surface area contributed by atoms with E-state index < -0.39 is 0 Å². The Morgan fingerprint density at radius 1 is 1.10 bits per heavy atom. The molecule has 3 aromatic rings. The van der Waals surface area contributed by atoms with Crippen molar-refractivity contribution in [3.8, 4) is 17.0 Å². The van der Waals surface area contributed by atoms with Gasteiger partial charge in [-0.25, -0.2) is 4.98 Å². The third-order valence-corrected chi connectivity index (χ3v) is 3.21. The fourth-order valence-electron chi connectivity index (χ4n) is 2.11. The molecule has 0 fully saturated rings. The zero-order chi connectivity index (χ0) is 14.1. The van der Waals surface area contributed by atoms with Crippen LogP contribution in [0.5, 0.6) is 5.75 Å². The number of methoxy groups -OCH3 is 1. The number of benzene rings is 1. The smallest absolute Gasteiger partial charge is 0.258 e. The zero-order valence-corrected chi connectivity index (χ0v) is 11.3. The minimum absolute atomic E-state index is 0.0826. The molecule has 0 saturated heterocycles. The van der Waals surface area contributed by atoms with Crippen molar-refractivity contribution in [2.75, 3.05) is 7.11 Å². The molecule has 4 nitrogen and oxygen atoms in total. The van der Waals surface area contributed by atoms with E-state index in [9.17, 15) is 4.79 Å². The lowest BCUT2D eigenvalue weighted by molar-refractivity contribution is 0.415. The van der Waals surface area contributed by atoms with E-state index in [1.165, 1.54) is 0 Å². The Kier molecular flexibility index (Phi) is 2.99. The number of fused-ring (bicyclic) bond motifs is 1. The van der Waals surface area contributed by atoms with E-state index in [1.807, 2.05) is 43.3 Å². The largest absolute Gasteiger partial charge is 0.497 e. The van der Waals surface area contributed by atoms with Gasteiger partial charge in [0, 0.05) is 17.8 Å². The number of rotatable bonds is 2. The van der Waals surface area contributed by atoms with Gasteiger partial charge in [-0.3, -0.25) is 9.20 Å². The molecular weight excluding hydrogens is 252 g/mol. The molecule has 20 heavy (non-hydrogen) atoms. The summed E-state index contributed by atoms with van der Waals surface area (Å²) in [5, 5.41) is 0. The minimum atomic E-state index is -0.0826. The average Bonchev–Trinajstić information content (AvgIpc) is 2.46. The van der Waals surface area contributed by atoms with Crippen molar-refractivity contribution in [3.05, 3.63) is 64.6 Å². The van der Waals surface area contributed by atoms with Crippen LogP contribution in [0.25, 0.3) is 16.9 Å². The van der Waals surface area contributed by atoms with Gasteiger partial charge in [-0.05, 0) is 48.9 Å². The molecule has 0 saturated carbocycles. The average molecular weight is 266 g/mol. The fraction of sp³-hybridized carbons (Fsp3) is 0.125. The summed E-state index contributed by atoms with van der Waals surface area (Å²) in [4.78, 5) is 16.7. The number of hydrogen-bond donors (Lipinski definition) is 0. The molecule has 3 rings (SSSR count). The molecule has 0 amide bonds. The number of pyridine rings is 1. The van der Waals surface area contributed by atoms with Crippen molar-refractivity contribution >= 4 is 5.65 Å². The number of hydrogen-bond acceptors (Lipinski definition) is 3. The van der Waals surface area contributed by atoms with Crippen LogP contribution in [0.4, 0.5) is 0 Å². The van der Waals surface area contributed by atoms with Gasteiger partial charge in [-0.15, -0.1) is 0 Å². The van der Waals surface area contributed by atoms with Crippen molar-refractivity contribution in [1.82, 2.24) is 9.38 Å². The molecule has 0 bridgehead atoms. The first kappa shape index (κ1) is 12.4. The Bertz CT molecular complexity index is 820. The molecule has 2 aromatic heterocycles. The summed E-state index contributed by atoms with van der Waals surface area (Å²) in [6.45, 7) is 1.98. The lowest BCUT2D eigenvalue weighted by Crippen LogP contribution is -2.14. The van der Waals surface area contributed by atoms with Crippen molar-refractivity contribution in [2.24, 2.45) is 0 Å². The molecule has 0 unspecified atom stereocenters. The van der Waals surface area contributed by atoms with Gasteiger partial charge < -0.3 is 4.74 Å². The molecule has 0 radical (unpaired) electrons. The van der Waals surface area contributed by atoms with Crippen LogP contribution in [-0.2, 0) is 0 Å². The van der Waals surface area contributed by atoms with Crippen molar-refractivity contribution in [1.29, 1.82) is 0 Å². The Hall–Kier alpha value is -2.62. The zero-order valence-electron chi connectivity index (χ0n) is 11.3. The van der Waals surface area contributed by atoms with E-state index in [1.54, 1.807) is 23.8 Å². The predicted molar refractivity (Wildman–Crippen MR) is 78.2 cm³/mol. The molecule has 0 aliphatic rings. The van der Waals surface area contributed by atoms with Crippen molar-refractivity contribution < 1.29 is 4.74 Å². The number of ether oxygens (including phenoxy) is 1. The highest BCUT2D eigenvalue weighted by Gasteiger charge is 2.05. The number of aromatic nitrogens is 2. The van der Waals surface area contributed by atoms with E-state index in [0.717, 1.165) is 16.9 Å². The van der Waals surface area contributed by atoms with Crippen molar-refractivity contribution in [3.63, 3.8) is 0 Å². The first-order chi connectivity index (χ1) is 9.67. The molecule has 4 heteroatoms. The number of nitrogens with zero attached hydrogens (tertiary/aromatic N) is 2. The Morgan fingerprint density at radius 2 is 1.85 bits per heavy atom. The molecule has 0 N–H and O–H groups in total. The molecule has 1 aromatic carbocycles. The Morgan fingerprint density at radius 3 is 2.55 bits per heavy atom. The summed E-state index contributed by atoms with van der Waals surface area (Å²) in [6.07, 6.45) is 1.75. The van der Waals surface area contributed by atoms with Gasteiger partial charge in [-0.1, -0.05) is 0 Å². The van der Waals surface area contributed by atoms with Gasteiger partial charge in [0.15, 0.2) is 0 Å². The molecule has 0 aliphatic carbocycles. The van der Waals surface area contributed by atoms with Gasteiger partial charge in [-0.2, -0.15) is 0 Å². The maximum Gasteiger partial charge on any atom is 0.258 e. The molecule has 0 aliphatic heterocycles. The van der Waals surface area contributed by atoms with E-state index in [-0.39, 0.29) is 5.56 Å². The van der Waals surface area contributed by atoms with Gasteiger partial charge in [0.2, 0.25) is 0 Å². The standard InChI is InChI=1S/C16H14N2O2/c1-11-7-8-18-15(9-11)17-14(10-16(18)19)12-3-5-13(20-2)6-4-12/h3-10H,1-2H3. The quantitative estimate of drug-likeness (QED) is 0.716. The normalized spacial score (nSPS) is 10.7. The van der Waals surface area contributed by atoms with E-state index >= 15 is 0 Å². The summed E-state index contributed by atoms with van der Waals surface area (Å²) >= 11 is 0. The summed E-state index contributed by atoms with van der Waals surface area (Å²) < 4.78 is 6.67. The summed E-state index contributed by atoms with van der Waals surface area (Å²) in [5.41, 5.74) is 3.21. The fourth-order valence-corrected chi connectivity index (χ4v) is 2.11. The Labute approximate surface area is 116 Å². The van der Waals surface area contributed by atoms with Crippen molar-refractivity contribution in [2.45, 2.75) is 6.92 Å². The maximum atomic E-state index is 12.1. The molecule has 0 atom stereocenters. The second-order valence-electron chi connectivity index (χ2n) is 4.64. The van der Waals surface area contributed by atoms with Gasteiger partial charge in [0.1, 0.15) is 11.4 Å². The summed E-state index contributed by atoms with van der Waals surface area (Å²) in [6, 6.07) is 12.8. The minimum Gasteiger partial charge on any atom is -0.497 e. The highest BCUT2D eigenvalue weighted by Crippen LogP contribution is 2.20. The second-order valence-corrected chi connectivity index (χ2v) is 4.64. The predicted octanol–water partition coefficient (Wildman–Crippen LogP) is 2.68. The molecule has 2 heterocycles. The monoisotopic (exact) mass is 266 g/mol. The number of aryl methyl sites for hydroxylation is 1. The van der Waals surface area contributed by atoms with Gasteiger partial charge in [0.25, 0.3) is 5.56 Å². The first-order valence-electron chi connectivity index (χ1n) is 6.32. The van der Waals surface area contributed by atoms with E-state index in [4.69, 9.17) is 4.74 Å². The lowest BCUT2D eigenvalue weighted by atomic mass is 10.1. The lowest BCUT2D eigenvalue weighted by Gasteiger charge is -2.06. The topological polar surface area (TPSA) is 43.6 Å². The first-order valence-corrected chi connectivity index (χ1v) is 6.32. The second kappa shape index (κ2) is 4.81. The molecule has 100 valence electrons. The third-order valence-electron chi connectivity index (χ3n) is 3.21. The highest BCUT2D eigenvalue weighted by atomic mass is 16.5. The van der Waals surface area contributed by atoms with Crippen LogP contribution in [-0.4, -0.2) is 16.5 Å². The third kappa shape index (κ3) is 2.16. The van der Waals surface area contributed by atoms with Gasteiger partial charge in [0.05, 0.1) is 12.8 Å². The van der Waals surface area contributed by atoms with Crippen LogP contribution in [0.1, 0.15) is 5.56 Å². The van der Waals surface area contributed by atoms with Crippen LogP contribution >= 0.6 is 0 Å². The van der Waals surface area contributed by atoms with Crippen LogP contribution < -0.4 is 10.3 Å². The SMILES string of the molecule is COc1ccc(-c2cc(=O)n3ccc(C)cc3n2)cc1. The summed E-state index contributed by atoms with van der Waals surface area (Å²) in [7, 11) is 1.62. The van der Waals surface area contributed by atoms with Crippen LogP contribution in [0.3, 0.4) is 0 Å². The highest BCUT2D eigenvalue weighted by molar-refractivity contribution is 5.62. The van der Waals surface area contributed by atoms with E-state index in [0.29, 0.717) is 11.3 Å². The molecule has 0 spiro atoms. The van der Waals surface area contributed by atoms with Crippen LogP contribution in [0, 0.1) is 6.92 Å². The van der Waals surface area contributed by atoms with E-state index in [2.05, 4.69) is 4.98 Å². The maximum absolute atomic E-state index is 12.1. The van der Waals surface area contributed by atoms with Crippen LogP contribution in [0.15, 0.2) is 53.5 Å². The van der Waals surface area contributed by atoms with Crippen LogP contribution in [0.2, 0.25) is 0 Å². The van der Waals surface area contributed by atoms with Gasteiger partial charge >= 0.3 is 0 Å². The Balaban J connectivity index is 2.18. The molecular formula is C16H14N2O2.